The Labute approximate surface area is 106 Å². The van der Waals surface area contributed by atoms with E-state index in [2.05, 4.69) is 5.32 Å². The number of nitrogens with one attached hydrogen (secondary N) is 1. The van der Waals surface area contributed by atoms with E-state index >= 15 is 0 Å². The maximum Gasteiger partial charge on any atom is 0.252 e. The number of hydrogen-bond donors (Lipinski definition) is 1. The molecule has 2 atom stereocenters. The summed E-state index contributed by atoms with van der Waals surface area (Å²) in [7, 11) is -3.26. The minimum Gasteiger partial charge on any atom is -0.315 e. The van der Waals surface area contributed by atoms with Gasteiger partial charge in [0.15, 0.2) is 0 Å². The summed E-state index contributed by atoms with van der Waals surface area (Å²) < 4.78 is 27.2. The molecule has 0 aliphatic carbocycles. The van der Waals surface area contributed by atoms with Crippen molar-refractivity contribution < 1.29 is 8.42 Å². The third-order valence-corrected chi connectivity index (χ3v) is 6.98. The lowest BCUT2D eigenvalue weighted by molar-refractivity contribution is 0.218. The van der Waals surface area contributed by atoms with Crippen LogP contribution in [0.3, 0.4) is 0 Å². The van der Waals surface area contributed by atoms with E-state index in [-0.39, 0.29) is 6.04 Å². The van der Waals surface area contributed by atoms with E-state index < -0.39 is 10.0 Å². The Morgan fingerprint density at radius 3 is 3.06 bits per heavy atom. The van der Waals surface area contributed by atoms with E-state index in [1.165, 1.54) is 11.3 Å². The van der Waals surface area contributed by atoms with Crippen LogP contribution in [0.25, 0.3) is 0 Å². The zero-order valence-electron chi connectivity index (χ0n) is 9.50. The monoisotopic (exact) mass is 272 g/mol. The van der Waals surface area contributed by atoms with Crippen LogP contribution in [0.1, 0.15) is 12.8 Å². The summed E-state index contributed by atoms with van der Waals surface area (Å²) in [5.41, 5.74) is 0. The van der Waals surface area contributed by atoms with Gasteiger partial charge in [0.1, 0.15) is 4.21 Å². The molecule has 1 aromatic rings. The molecule has 1 aromatic heterocycles. The Bertz CT molecular complexity index is 484. The second kappa shape index (κ2) is 4.35. The molecule has 6 heteroatoms. The molecule has 3 heterocycles. The first-order valence-corrected chi connectivity index (χ1v) is 8.27. The quantitative estimate of drug-likeness (QED) is 0.878. The van der Waals surface area contributed by atoms with E-state index in [0.717, 1.165) is 25.9 Å². The van der Waals surface area contributed by atoms with Crippen LogP contribution in [-0.4, -0.2) is 38.4 Å². The number of hydrogen-bond acceptors (Lipinski definition) is 4. The summed E-state index contributed by atoms with van der Waals surface area (Å²) in [6.07, 6.45) is 2.13. The Balaban J connectivity index is 1.93. The SMILES string of the molecule is O=S(=O)(c1cccs1)N1CCCC2CNCC21. The van der Waals surface area contributed by atoms with Crippen LogP contribution in [-0.2, 0) is 10.0 Å². The van der Waals surface area contributed by atoms with Gasteiger partial charge in [-0.3, -0.25) is 0 Å². The van der Waals surface area contributed by atoms with Crippen molar-refractivity contribution in [3.8, 4) is 0 Å². The lowest BCUT2D eigenvalue weighted by Crippen LogP contribution is -2.47. The summed E-state index contributed by atoms with van der Waals surface area (Å²) in [4.78, 5) is 0. The van der Waals surface area contributed by atoms with Gasteiger partial charge in [0, 0.05) is 19.1 Å². The van der Waals surface area contributed by atoms with Crippen molar-refractivity contribution in [1.82, 2.24) is 9.62 Å². The molecule has 0 radical (unpaired) electrons. The van der Waals surface area contributed by atoms with Gasteiger partial charge in [0.05, 0.1) is 0 Å². The molecule has 2 unspecified atom stereocenters. The van der Waals surface area contributed by atoms with Crippen LogP contribution in [0.15, 0.2) is 21.7 Å². The maximum atomic E-state index is 12.5. The minimum absolute atomic E-state index is 0.163. The fourth-order valence-electron chi connectivity index (χ4n) is 2.85. The highest BCUT2D eigenvalue weighted by Crippen LogP contribution is 2.32. The fraction of sp³-hybridized carbons (Fsp3) is 0.636. The van der Waals surface area contributed by atoms with Gasteiger partial charge in [0.25, 0.3) is 10.0 Å². The molecule has 2 aliphatic rings. The van der Waals surface area contributed by atoms with Gasteiger partial charge in [-0.25, -0.2) is 8.42 Å². The van der Waals surface area contributed by atoms with Crippen LogP contribution >= 0.6 is 11.3 Å². The molecule has 17 heavy (non-hydrogen) atoms. The highest BCUT2D eigenvalue weighted by atomic mass is 32.2. The predicted molar refractivity (Wildman–Crippen MR) is 67.6 cm³/mol. The number of nitrogens with zero attached hydrogens (tertiary/aromatic N) is 1. The normalized spacial score (nSPS) is 30.4. The second-order valence-corrected chi connectivity index (χ2v) is 7.74. The van der Waals surface area contributed by atoms with Crippen molar-refractivity contribution in [2.45, 2.75) is 23.1 Å². The Hall–Kier alpha value is -0.430. The Kier molecular flexibility index (Phi) is 2.98. The molecular formula is C11H16N2O2S2. The van der Waals surface area contributed by atoms with Crippen molar-refractivity contribution in [1.29, 1.82) is 0 Å². The van der Waals surface area contributed by atoms with E-state index in [0.29, 0.717) is 16.7 Å². The maximum absolute atomic E-state index is 12.5. The largest absolute Gasteiger partial charge is 0.315 e. The predicted octanol–water partition coefficient (Wildman–Crippen LogP) is 1.12. The van der Waals surface area contributed by atoms with E-state index in [4.69, 9.17) is 0 Å². The number of piperidine rings is 1. The summed E-state index contributed by atoms with van der Waals surface area (Å²) in [6, 6.07) is 3.66. The summed E-state index contributed by atoms with van der Waals surface area (Å²) >= 11 is 1.31. The molecule has 1 N–H and O–H groups in total. The summed E-state index contributed by atoms with van der Waals surface area (Å²) in [6.45, 7) is 2.43. The molecule has 0 spiro atoms. The van der Waals surface area contributed by atoms with Crippen molar-refractivity contribution in [3.05, 3.63) is 17.5 Å². The van der Waals surface area contributed by atoms with Gasteiger partial charge in [-0.05, 0) is 36.8 Å². The Morgan fingerprint density at radius 1 is 1.41 bits per heavy atom. The zero-order valence-corrected chi connectivity index (χ0v) is 11.1. The first-order valence-electron chi connectivity index (χ1n) is 5.95. The van der Waals surface area contributed by atoms with Gasteiger partial charge in [-0.2, -0.15) is 4.31 Å². The van der Waals surface area contributed by atoms with Gasteiger partial charge in [-0.15, -0.1) is 11.3 Å². The molecule has 2 fully saturated rings. The van der Waals surface area contributed by atoms with Crippen LogP contribution in [0, 0.1) is 5.92 Å². The highest BCUT2D eigenvalue weighted by molar-refractivity contribution is 7.91. The van der Waals surface area contributed by atoms with Crippen LogP contribution in [0.4, 0.5) is 0 Å². The minimum atomic E-state index is -3.26. The van der Waals surface area contributed by atoms with Crippen molar-refractivity contribution in [3.63, 3.8) is 0 Å². The molecule has 0 aromatic carbocycles. The molecule has 2 saturated heterocycles. The van der Waals surface area contributed by atoms with Gasteiger partial charge < -0.3 is 5.32 Å². The van der Waals surface area contributed by atoms with Gasteiger partial charge in [0.2, 0.25) is 0 Å². The van der Waals surface area contributed by atoms with Crippen LogP contribution in [0.2, 0.25) is 0 Å². The second-order valence-electron chi connectivity index (χ2n) is 4.68. The number of fused-ring (bicyclic) bond motifs is 1. The first kappa shape index (κ1) is 11.6. The molecule has 94 valence electrons. The van der Waals surface area contributed by atoms with Gasteiger partial charge in [-0.1, -0.05) is 6.07 Å². The van der Waals surface area contributed by atoms with Crippen molar-refractivity contribution >= 4 is 21.4 Å². The van der Waals surface area contributed by atoms with Crippen molar-refractivity contribution in [2.24, 2.45) is 5.92 Å². The lowest BCUT2D eigenvalue weighted by Gasteiger charge is -2.35. The standard InChI is InChI=1S/C11H16N2O2S2/c14-17(15,11-4-2-6-16-11)13-5-1-3-9-7-12-8-10(9)13/h2,4,6,9-10,12H,1,3,5,7-8H2. The summed E-state index contributed by atoms with van der Waals surface area (Å²) in [5, 5.41) is 5.13. The summed E-state index contributed by atoms with van der Waals surface area (Å²) in [5.74, 6) is 0.499. The molecule has 0 bridgehead atoms. The average molecular weight is 272 g/mol. The van der Waals surface area contributed by atoms with E-state index in [1.54, 1.807) is 16.4 Å². The Morgan fingerprint density at radius 2 is 2.29 bits per heavy atom. The number of thiophene rings is 1. The topological polar surface area (TPSA) is 49.4 Å². The average Bonchev–Trinajstić information content (AvgIpc) is 2.99. The smallest absolute Gasteiger partial charge is 0.252 e. The molecular weight excluding hydrogens is 256 g/mol. The molecule has 0 saturated carbocycles. The first-order chi connectivity index (χ1) is 8.19. The molecule has 2 aliphatic heterocycles. The third-order valence-electron chi connectivity index (χ3n) is 3.69. The highest BCUT2D eigenvalue weighted by Gasteiger charge is 2.41. The molecule has 4 nitrogen and oxygen atoms in total. The van der Waals surface area contributed by atoms with Crippen LogP contribution < -0.4 is 5.32 Å². The third kappa shape index (κ3) is 1.93. The number of sulfonamides is 1. The lowest BCUT2D eigenvalue weighted by atomic mass is 9.94. The number of rotatable bonds is 2. The van der Waals surface area contributed by atoms with E-state index in [9.17, 15) is 8.42 Å². The molecule has 3 rings (SSSR count). The molecule has 0 amide bonds. The van der Waals surface area contributed by atoms with Crippen LogP contribution in [0.5, 0.6) is 0 Å². The fourth-order valence-corrected chi connectivity index (χ4v) is 5.69. The zero-order chi connectivity index (χ0) is 11.9. The van der Waals surface area contributed by atoms with Crippen molar-refractivity contribution in [2.75, 3.05) is 19.6 Å². The van der Waals surface area contributed by atoms with E-state index in [1.807, 2.05) is 5.38 Å². The van der Waals surface area contributed by atoms with Gasteiger partial charge >= 0.3 is 0 Å².